The number of benzene rings is 2. The van der Waals surface area contributed by atoms with E-state index < -0.39 is 0 Å². The van der Waals surface area contributed by atoms with E-state index in [4.69, 9.17) is 11.6 Å². The Morgan fingerprint density at radius 1 is 1.23 bits per heavy atom. The lowest BCUT2D eigenvalue weighted by molar-refractivity contribution is -0.118. The number of rotatable bonds is 3. The van der Waals surface area contributed by atoms with Crippen molar-refractivity contribution in [2.45, 2.75) is 36.5 Å². The van der Waals surface area contributed by atoms with E-state index in [1.807, 2.05) is 54.3 Å². The van der Waals surface area contributed by atoms with Gasteiger partial charge in [0.25, 0.3) is 0 Å². The van der Waals surface area contributed by atoms with Crippen molar-refractivity contribution in [3.05, 3.63) is 59.1 Å². The van der Waals surface area contributed by atoms with Crippen molar-refractivity contribution < 1.29 is 4.79 Å². The quantitative estimate of drug-likeness (QED) is 0.753. The van der Waals surface area contributed by atoms with Crippen molar-refractivity contribution in [1.29, 1.82) is 0 Å². The fraction of sp³-hybridized carbons (Fsp3) is 0.278. The van der Waals surface area contributed by atoms with Crippen LogP contribution in [0.3, 0.4) is 0 Å². The molecule has 114 valence electrons. The molecule has 1 aliphatic heterocycles. The van der Waals surface area contributed by atoms with Gasteiger partial charge in [-0.25, -0.2) is 0 Å². The van der Waals surface area contributed by atoms with Crippen LogP contribution in [0.15, 0.2) is 53.4 Å². The van der Waals surface area contributed by atoms with Crippen LogP contribution < -0.4 is 4.90 Å². The Bertz CT molecular complexity index is 686. The molecule has 0 fully saturated rings. The molecule has 0 bridgehead atoms. The number of anilines is 1. The molecule has 0 spiro atoms. The molecule has 2 aromatic carbocycles. The molecule has 1 amide bonds. The van der Waals surface area contributed by atoms with Crippen LogP contribution in [0.4, 0.5) is 5.69 Å². The summed E-state index contributed by atoms with van der Waals surface area (Å²) in [5.74, 6) is 0.164. The summed E-state index contributed by atoms with van der Waals surface area (Å²) in [5.41, 5.74) is 2.32. The van der Waals surface area contributed by atoms with Gasteiger partial charge in [0.2, 0.25) is 5.91 Å². The number of carbonyl (C=O) groups excluding carboxylic acids is 1. The van der Waals surface area contributed by atoms with Gasteiger partial charge in [-0.2, -0.15) is 0 Å². The van der Waals surface area contributed by atoms with Crippen LogP contribution in [0.2, 0.25) is 5.02 Å². The van der Waals surface area contributed by atoms with Crippen LogP contribution in [0.5, 0.6) is 0 Å². The minimum atomic E-state index is -0.130. The first-order chi connectivity index (χ1) is 10.6. The number of thioether (sulfide) groups is 1. The molecule has 3 rings (SSSR count). The molecule has 2 aromatic rings. The molecule has 0 aliphatic carbocycles. The third-order valence-corrected chi connectivity index (χ3v) is 5.27. The lowest BCUT2D eigenvalue weighted by Crippen LogP contribution is -2.40. The van der Waals surface area contributed by atoms with Crippen LogP contribution in [-0.4, -0.2) is 17.2 Å². The highest BCUT2D eigenvalue weighted by molar-refractivity contribution is 8.00. The molecule has 1 aliphatic rings. The standard InChI is InChI=1S/C18H18ClNOS/c1-12-11-14-5-3-4-6-17(14)20(12)18(21)13(2)22-16-9-7-15(19)8-10-16/h3-10,12-13H,11H2,1-2H3/t12-,13+/m0/s1. The highest BCUT2D eigenvalue weighted by Crippen LogP contribution is 2.34. The SMILES string of the molecule is C[C@@H](Sc1ccc(Cl)cc1)C(=O)N1c2ccccc2C[C@@H]1C. The lowest BCUT2D eigenvalue weighted by Gasteiger charge is -2.25. The van der Waals surface area contributed by atoms with Gasteiger partial charge in [-0.15, -0.1) is 11.8 Å². The summed E-state index contributed by atoms with van der Waals surface area (Å²) in [4.78, 5) is 15.9. The smallest absolute Gasteiger partial charge is 0.240 e. The van der Waals surface area contributed by atoms with E-state index in [-0.39, 0.29) is 17.2 Å². The fourth-order valence-electron chi connectivity index (χ4n) is 2.86. The van der Waals surface area contributed by atoms with Gasteiger partial charge in [-0.3, -0.25) is 4.79 Å². The molecular formula is C18H18ClNOS. The van der Waals surface area contributed by atoms with Gasteiger partial charge < -0.3 is 4.90 Å². The average molecular weight is 332 g/mol. The summed E-state index contributed by atoms with van der Waals surface area (Å²) in [7, 11) is 0. The first-order valence-corrected chi connectivity index (χ1v) is 8.65. The molecule has 4 heteroatoms. The van der Waals surface area contributed by atoms with Crippen LogP contribution in [0.1, 0.15) is 19.4 Å². The van der Waals surface area contributed by atoms with Crippen molar-refractivity contribution in [1.82, 2.24) is 0 Å². The molecule has 0 N–H and O–H groups in total. The Morgan fingerprint density at radius 2 is 1.91 bits per heavy atom. The molecule has 22 heavy (non-hydrogen) atoms. The highest BCUT2D eigenvalue weighted by Gasteiger charge is 2.33. The minimum absolute atomic E-state index is 0.130. The molecule has 0 radical (unpaired) electrons. The monoisotopic (exact) mass is 331 g/mol. The second kappa shape index (κ2) is 6.35. The van der Waals surface area contributed by atoms with Crippen LogP contribution in [-0.2, 0) is 11.2 Å². The van der Waals surface area contributed by atoms with E-state index in [2.05, 4.69) is 13.0 Å². The van der Waals surface area contributed by atoms with Crippen molar-refractivity contribution in [3.8, 4) is 0 Å². The summed E-state index contributed by atoms with van der Waals surface area (Å²) in [6, 6.07) is 16.0. The Labute approximate surface area is 140 Å². The van der Waals surface area contributed by atoms with Gasteiger partial charge >= 0.3 is 0 Å². The van der Waals surface area contributed by atoms with Gasteiger partial charge in [0, 0.05) is 21.6 Å². The van der Waals surface area contributed by atoms with Gasteiger partial charge in [0.1, 0.15) is 0 Å². The number of halogens is 1. The number of nitrogens with zero attached hydrogens (tertiary/aromatic N) is 1. The average Bonchev–Trinajstić information content (AvgIpc) is 2.84. The van der Waals surface area contributed by atoms with Gasteiger partial charge in [0.05, 0.1) is 5.25 Å². The van der Waals surface area contributed by atoms with E-state index in [9.17, 15) is 4.79 Å². The van der Waals surface area contributed by atoms with Crippen molar-refractivity contribution in [2.75, 3.05) is 4.90 Å². The zero-order chi connectivity index (χ0) is 15.7. The Hall–Kier alpha value is -1.45. The second-order valence-electron chi connectivity index (χ2n) is 5.60. The third-order valence-electron chi connectivity index (χ3n) is 3.92. The maximum Gasteiger partial charge on any atom is 0.240 e. The maximum atomic E-state index is 12.9. The van der Waals surface area contributed by atoms with E-state index in [0.717, 1.165) is 17.0 Å². The highest BCUT2D eigenvalue weighted by atomic mass is 35.5. The van der Waals surface area contributed by atoms with Crippen LogP contribution in [0.25, 0.3) is 0 Å². The number of hydrogen-bond acceptors (Lipinski definition) is 2. The molecule has 0 aromatic heterocycles. The molecule has 0 saturated carbocycles. The Kier molecular flexibility index (Phi) is 4.46. The Morgan fingerprint density at radius 3 is 2.64 bits per heavy atom. The Balaban J connectivity index is 1.77. The van der Waals surface area contributed by atoms with Crippen molar-refractivity contribution in [3.63, 3.8) is 0 Å². The van der Waals surface area contributed by atoms with Crippen molar-refractivity contribution in [2.24, 2.45) is 0 Å². The third kappa shape index (κ3) is 3.01. The molecule has 0 saturated heterocycles. The number of carbonyl (C=O) groups is 1. The number of para-hydroxylation sites is 1. The lowest BCUT2D eigenvalue weighted by atomic mass is 10.1. The topological polar surface area (TPSA) is 20.3 Å². The number of fused-ring (bicyclic) bond motifs is 1. The maximum absolute atomic E-state index is 12.9. The molecule has 1 heterocycles. The summed E-state index contributed by atoms with van der Waals surface area (Å²) in [6.07, 6.45) is 0.931. The predicted octanol–water partition coefficient (Wildman–Crippen LogP) is 4.80. The van der Waals surface area contributed by atoms with Crippen LogP contribution in [0, 0.1) is 0 Å². The second-order valence-corrected chi connectivity index (χ2v) is 7.45. The molecular weight excluding hydrogens is 314 g/mol. The minimum Gasteiger partial charge on any atom is -0.308 e. The largest absolute Gasteiger partial charge is 0.308 e. The summed E-state index contributed by atoms with van der Waals surface area (Å²) in [6.45, 7) is 4.08. The molecule has 0 unspecified atom stereocenters. The normalized spacial score (nSPS) is 18.1. The van der Waals surface area contributed by atoms with Gasteiger partial charge in [0.15, 0.2) is 0 Å². The van der Waals surface area contributed by atoms with Gasteiger partial charge in [-0.05, 0) is 56.2 Å². The van der Waals surface area contributed by atoms with E-state index in [1.54, 1.807) is 11.8 Å². The summed E-state index contributed by atoms with van der Waals surface area (Å²) < 4.78 is 0. The number of hydrogen-bond donors (Lipinski definition) is 0. The number of amides is 1. The zero-order valence-corrected chi connectivity index (χ0v) is 14.2. The van der Waals surface area contributed by atoms with E-state index >= 15 is 0 Å². The molecule has 2 atom stereocenters. The van der Waals surface area contributed by atoms with Crippen molar-refractivity contribution >= 4 is 35.0 Å². The van der Waals surface area contributed by atoms with Crippen LogP contribution >= 0.6 is 23.4 Å². The fourth-order valence-corrected chi connectivity index (χ4v) is 3.91. The zero-order valence-electron chi connectivity index (χ0n) is 12.6. The summed E-state index contributed by atoms with van der Waals surface area (Å²) in [5, 5.41) is 0.584. The summed E-state index contributed by atoms with van der Waals surface area (Å²) >= 11 is 7.48. The first kappa shape index (κ1) is 15.4. The predicted molar refractivity (Wildman–Crippen MR) is 93.9 cm³/mol. The molecule has 2 nitrogen and oxygen atoms in total. The first-order valence-electron chi connectivity index (χ1n) is 7.39. The van der Waals surface area contributed by atoms with Gasteiger partial charge in [-0.1, -0.05) is 29.8 Å². The van der Waals surface area contributed by atoms with E-state index in [0.29, 0.717) is 5.02 Å². The van der Waals surface area contributed by atoms with E-state index in [1.165, 1.54) is 5.56 Å².